The molecule has 0 fully saturated rings. The Bertz CT molecular complexity index is 1000. The van der Waals surface area contributed by atoms with Gasteiger partial charge in [-0.1, -0.05) is 18.2 Å². The number of ether oxygens (including phenoxy) is 2. The van der Waals surface area contributed by atoms with Gasteiger partial charge in [-0.2, -0.15) is 5.10 Å². The first-order chi connectivity index (χ1) is 14.6. The topological polar surface area (TPSA) is 115 Å². The third-order valence-electron chi connectivity index (χ3n) is 3.65. The maximum atomic E-state index is 11.9. The highest BCUT2D eigenvalue weighted by molar-refractivity contribution is 5.92. The molecule has 1 heterocycles. The maximum absolute atomic E-state index is 11.9. The molecule has 3 rings (SSSR count). The normalized spacial score (nSPS) is 10.6. The van der Waals surface area contributed by atoms with E-state index in [1.165, 1.54) is 12.4 Å². The van der Waals surface area contributed by atoms with E-state index in [0.29, 0.717) is 18.0 Å². The van der Waals surface area contributed by atoms with Crippen LogP contribution in [0.1, 0.15) is 23.2 Å². The van der Waals surface area contributed by atoms with Crippen molar-refractivity contribution in [2.24, 2.45) is 5.10 Å². The molecule has 9 nitrogen and oxygen atoms in total. The van der Waals surface area contributed by atoms with Crippen LogP contribution in [0.4, 0.5) is 5.69 Å². The number of carbonyl (C=O) groups excluding carboxylic acids is 2. The van der Waals surface area contributed by atoms with Crippen LogP contribution in [0.15, 0.2) is 70.3 Å². The summed E-state index contributed by atoms with van der Waals surface area (Å²) < 4.78 is 15.7. The first kappa shape index (κ1) is 20.6. The number of para-hydroxylation sites is 1. The lowest BCUT2D eigenvalue weighted by atomic mass is 10.2. The largest absolute Gasteiger partial charge is 0.484 e. The Labute approximate surface area is 172 Å². The fourth-order valence-corrected chi connectivity index (χ4v) is 2.30. The van der Waals surface area contributed by atoms with E-state index in [1.54, 1.807) is 43.3 Å². The van der Waals surface area contributed by atoms with Crippen LogP contribution in [-0.4, -0.2) is 36.2 Å². The van der Waals surface area contributed by atoms with Gasteiger partial charge in [-0.3, -0.25) is 9.59 Å². The molecule has 2 N–H and O–H groups in total. The van der Waals surface area contributed by atoms with E-state index in [4.69, 9.17) is 13.9 Å². The number of hydrogen-bond donors (Lipinski definition) is 2. The van der Waals surface area contributed by atoms with Crippen molar-refractivity contribution in [1.82, 2.24) is 10.4 Å². The summed E-state index contributed by atoms with van der Waals surface area (Å²) in [4.78, 5) is 27.6. The van der Waals surface area contributed by atoms with Gasteiger partial charge in [0.05, 0.1) is 12.8 Å². The van der Waals surface area contributed by atoms with E-state index >= 15 is 0 Å². The van der Waals surface area contributed by atoms with E-state index in [-0.39, 0.29) is 24.4 Å². The second kappa shape index (κ2) is 10.4. The minimum absolute atomic E-state index is 0.113. The first-order valence-corrected chi connectivity index (χ1v) is 9.14. The highest BCUT2D eigenvalue weighted by Crippen LogP contribution is 2.13. The average molecular weight is 408 g/mol. The van der Waals surface area contributed by atoms with Gasteiger partial charge in [-0.05, 0) is 48.9 Å². The molecule has 0 atom stereocenters. The Morgan fingerprint density at radius 2 is 1.87 bits per heavy atom. The number of benzene rings is 2. The Balaban J connectivity index is 1.44. The summed E-state index contributed by atoms with van der Waals surface area (Å²) in [7, 11) is 0. The van der Waals surface area contributed by atoms with Crippen LogP contribution in [0, 0.1) is 0 Å². The SMILES string of the molecule is CCOc1cnc(C(=O)NN=Cc2ccc(OCC(=O)Nc3ccccc3)cc2)o1. The highest BCUT2D eigenvalue weighted by Gasteiger charge is 2.12. The summed E-state index contributed by atoms with van der Waals surface area (Å²) >= 11 is 0. The molecule has 0 radical (unpaired) electrons. The fourth-order valence-electron chi connectivity index (χ4n) is 2.30. The van der Waals surface area contributed by atoms with Gasteiger partial charge in [-0.25, -0.2) is 10.4 Å². The van der Waals surface area contributed by atoms with Crippen LogP contribution >= 0.6 is 0 Å². The number of hydrazone groups is 1. The summed E-state index contributed by atoms with van der Waals surface area (Å²) in [5.74, 6) is -0.300. The van der Waals surface area contributed by atoms with Crippen molar-refractivity contribution >= 4 is 23.7 Å². The lowest BCUT2D eigenvalue weighted by Gasteiger charge is -2.07. The number of oxazole rings is 1. The van der Waals surface area contributed by atoms with Gasteiger partial charge < -0.3 is 19.2 Å². The van der Waals surface area contributed by atoms with Crippen LogP contribution in [0.2, 0.25) is 0 Å². The first-order valence-electron chi connectivity index (χ1n) is 9.14. The molecule has 3 aromatic rings. The lowest BCUT2D eigenvalue weighted by Crippen LogP contribution is -2.20. The molecule has 0 saturated carbocycles. The van der Waals surface area contributed by atoms with E-state index in [1.807, 2.05) is 18.2 Å². The number of anilines is 1. The molecule has 0 aliphatic carbocycles. The number of nitrogens with one attached hydrogen (secondary N) is 2. The summed E-state index contributed by atoms with van der Waals surface area (Å²) in [5.41, 5.74) is 3.74. The van der Waals surface area contributed by atoms with Crippen molar-refractivity contribution in [3.63, 3.8) is 0 Å². The van der Waals surface area contributed by atoms with E-state index in [9.17, 15) is 9.59 Å². The smallest absolute Gasteiger partial charge is 0.327 e. The predicted molar refractivity (Wildman–Crippen MR) is 110 cm³/mol. The molecule has 0 saturated heterocycles. The minimum atomic E-state index is -0.596. The lowest BCUT2D eigenvalue weighted by molar-refractivity contribution is -0.118. The molecule has 30 heavy (non-hydrogen) atoms. The van der Waals surface area contributed by atoms with Gasteiger partial charge >= 0.3 is 11.9 Å². The molecule has 9 heteroatoms. The quantitative estimate of drug-likeness (QED) is 0.416. The molecule has 0 bridgehead atoms. The molecular weight excluding hydrogens is 388 g/mol. The minimum Gasteiger partial charge on any atom is -0.484 e. The number of rotatable bonds is 9. The zero-order valence-corrected chi connectivity index (χ0v) is 16.2. The van der Waals surface area contributed by atoms with Crippen molar-refractivity contribution in [3.05, 3.63) is 72.2 Å². The molecule has 0 aliphatic heterocycles. The second-order valence-electron chi connectivity index (χ2n) is 5.89. The van der Waals surface area contributed by atoms with E-state index < -0.39 is 5.91 Å². The van der Waals surface area contributed by atoms with Crippen LogP contribution in [0.5, 0.6) is 11.7 Å². The highest BCUT2D eigenvalue weighted by atomic mass is 16.6. The van der Waals surface area contributed by atoms with Crippen molar-refractivity contribution in [3.8, 4) is 11.7 Å². The van der Waals surface area contributed by atoms with Gasteiger partial charge in [0.2, 0.25) is 0 Å². The zero-order chi connectivity index (χ0) is 21.2. The van der Waals surface area contributed by atoms with E-state index in [0.717, 1.165) is 5.56 Å². The van der Waals surface area contributed by atoms with Crippen LogP contribution in [-0.2, 0) is 4.79 Å². The van der Waals surface area contributed by atoms with Gasteiger partial charge in [0, 0.05) is 5.69 Å². The predicted octanol–water partition coefficient (Wildman–Crippen LogP) is 2.85. The van der Waals surface area contributed by atoms with Crippen molar-refractivity contribution in [1.29, 1.82) is 0 Å². The summed E-state index contributed by atoms with van der Waals surface area (Å²) in [6.07, 6.45) is 2.77. The zero-order valence-electron chi connectivity index (χ0n) is 16.2. The molecule has 2 aromatic carbocycles. The van der Waals surface area contributed by atoms with Gasteiger partial charge in [0.1, 0.15) is 11.9 Å². The molecular formula is C21H20N4O5. The Kier molecular flexibility index (Phi) is 7.15. The standard InChI is InChI=1S/C21H20N4O5/c1-2-28-19-13-22-21(30-19)20(27)25-23-12-15-8-10-17(11-9-15)29-14-18(26)24-16-6-4-3-5-7-16/h3-13H,2,14H2,1H3,(H,24,26)(H,25,27). The molecule has 154 valence electrons. The molecule has 0 aliphatic rings. The number of hydrogen-bond acceptors (Lipinski definition) is 7. The number of carbonyl (C=O) groups is 2. The van der Waals surface area contributed by atoms with E-state index in [2.05, 4.69) is 20.8 Å². The molecule has 0 unspecified atom stereocenters. The van der Waals surface area contributed by atoms with Crippen molar-refractivity contribution in [2.75, 3.05) is 18.5 Å². The van der Waals surface area contributed by atoms with Crippen LogP contribution < -0.4 is 20.2 Å². The fraction of sp³-hybridized carbons (Fsp3) is 0.143. The van der Waals surface area contributed by atoms with Gasteiger partial charge in [-0.15, -0.1) is 0 Å². The van der Waals surface area contributed by atoms with Gasteiger partial charge in [0.15, 0.2) is 6.61 Å². The third kappa shape index (κ3) is 6.20. The van der Waals surface area contributed by atoms with Crippen molar-refractivity contribution < 1.29 is 23.5 Å². The Morgan fingerprint density at radius 1 is 1.10 bits per heavy atom. The number of amides is 2. The Hall–Kier alpha value is -4.14. The number of nitrogens with zero attached hydrogens (tertiary/aromatic N) is 2. The summed E-state index contributed by atoms with van der Waals surface area (Å²) in [6, 6.07) is 16.0. The average Bonchev–Trinajstić information content (AvgIpc) is 3.23. The van der Waals surface area contributed by atoms with Crippen LogP contribution in [0.3, 0.4) is 0 Å². The monoisotopic (exact) mass is 408 g/mol. The van der Waals surface area contributed by atoms with Crippen molar-refractivity contribution in [2.45, 2.75) is 6.92 Å². The third-order valence-corrected chi connectivity index (χ3v) is 3.65. The van der Waals surface area contributed by atoms with Gasteiger partial charge in [0.25, 0.3) is 11.8 Å². The number of aromatic nitrogens is 1. The summed E-state index contributed by atoms with van der Waals surface area (Å²) in [5, 5.41) is 6.59. The second-order valence-corrected chi connectivity index (χ2v) is 5.89. The molecule has 2 amide bonds. The summed E-state index contributed by atoms with van der Waals surface area (Å²) in [6.45, 7) is 2.09. The molecule has 1 aromatic heterocycles. The maximum Gasteiger partial charge on any atom is 0.327 e. The molecule has 0 spiro atoms. The van der Waals surface area contributed by atoms with Crippen LogP contribution in [0.25, 0.3) is 0 Å². The Morgan fingerprint density at radius 3 is 2.60 bits per heavy atom.